The molecule has 2 N–H and O–H groups in total. The van der Waals surface area contributed by atoms with Gasteiger partial charge in [0.2, 0.25) is 0 Å². The summed E-state index contributed by atoms with van der Waals surface area (Å²) in [6, 6.07) is 8.06. The minimum atomic E-state index is 0.557. The van der Waals surface area contributed by atoms with E-state index in [1.165, 1.54) is 11.3 Å². The Labute approximate surface area is 106 Å². The average molecular weight is 299 g/mol. The Morgan fingerprint density at radius 3 is 2.94 bits per heavy atom. The quantitative estimate of drug-likeness (QED) is 0.943. The van der Waals surface area contributed by atoms with Crippen molar-refractivity contribution >= 4 is 32.4 Å². The lowest BCUT2D eigenvalue weighted by Gasteiger charge is -2.02. The van der Waals surface area contributed by atoms with Gasteiger partial charge in [0.05, 0.1) is 18.1 Å². The molecule has 2 aromatic rings. The maximum absolute atomic E-state index is 5.57. The fraction of sp³-hybridized carbons (Fsp3) is 0.182. The predicted octanol–water partition coefficient (Wildman–Crippen LogP) is 3.20. The number of rotatable bonds is 4. The second-order valence-electron chi connectivity index (χ2n) is 3.29. The van der Waals surface area contributed by atoms with Crippen LogP contribution in [0.5, 0.6) is 0 Å². The van der Waals surface area contributed by atoms with Crippen LogP contribution < -0.4 is 5.73 Å². The van der Waals surface area contributed by atoms with E-state index < -0.39 is 0 Å². The van der Waals surface area contributed by atoms with Gasteiger partial charge in [-0.3, -0.25) is 0 Å². The van der Waals surface area contributed by atoms with Crippen molar-refractivity contribution in [3.8, 4) is 0 Å². The first-order valence-electron chi connectivity index (χ1n) is 4.76. The fourth-order valence-corrected chi connectivity index (χ4v) is 2.35. The van der Waals surface area contributed by atoms with Crippen molar-refractivity contribution in [1.82, 2.24) is 4.98 Å². The molecule has 0 saturated carbocycles. The number of nitrogens with two attached hydrogens (primary N) is 1. The minimum Gasteiger partial charge on any atom is -0.375 e. The van der Waals surface area contributed by atoms with Gasteiger partial charge >= 0.3 is 0 Å². The first kappa shape index (κ1) is 11.6. The van der Waals surface area contributed by atoms with Gasteiger partial charge in [-0.1, -0.05) is 39.4 Å². The SMILES string of the molecule is Nc1ncc(COCc2cccc(Br)c2)s1. The van der Waals surface area contributed by atoms with Gasteiger partial charge < -0.3 is 10.5 Å². The molecule has 5 heteroatoms. The monoisotopic (exact) mass is 298 g/mol. The number of thiazole rings is 1. The Hall–Kier alpha value is -0.910. The summed E-state index contributed by atoms with van der Waals surface area (Å²) in [5.74, 6) is 0. The van der Waals surface area contributed by atoms with Crippen molar-refractivity contribution in [3.63, 3.8) is 0 Å². The minimum absolute atomic E-state index is 0.557. The number of benzene rings is 1. The predicted molar refractivity (Wildman–Crippen MR) is 69.2 cm³/mol. The molecule has 0 aliphatic rings. The average Bonchev–Trinajstić information content (AvgIpc) is 2.64. The Kier molecular flexibility index (Phi) is 3.93. The van der Waals surface area contributed by atoms with Crippen LogP contribution >= 0.6 is 27.3 Å². The van der Waals surface area contributed by atoms with E-state index in [0.29, 0.717) is 18.3 Å². The van der Waals surface area contributed by atoms with Crippen molar-refractivity contribution in [2.45, 2.75) is 13.2 Å². The number of halogens is 1. The standard InChI is InChI=1S/C11H11BrN2OS/c12-9-3-1-2-8(4-9)6-15-7-10-5-14-11(13)16-10/h1-5H,6-7H2,(H2,13,14). The molecule has 0 fully saturated rings. The lowest BCUT2D eigenvalue weighted by molar-refractivity contribution is 0.109. The fourth-order valence-electron chi connectivity index (χ4n) is 1.29. The Morgan fingerprint density at radius 1 is 1.38 bits per heavy atom. The molecule has 1 aromatic heterocycles. The van der Waals surface area contributed by atoms with Crippen LogP contribution in [0.3, 0.4) is 0 Å². The van der Waals surface area contributed by atoms with Crippen LogP contribution in [0.25, 0.3) is 0 Å². The van der Waals surface area contributed by atoms with Crippen LogP contribution in [-0.2, 0) is 18.0 Å². The van der Waals surface area contributed by atoms with Crippen LogP contribution in [0.2, 0.25) is 0 Å². The highest BCUT2D eigenvalue weighted by Crippen LogP contribution is 2.17. The maximum atomic E-state index is 5.57. The van der Waals surface area contributed by atoms with Crippen LogP contribution in [0, 0.1) is 0 Å². The van der Waals surface area contributed by atoms with Gasteiger partial charge in [-0.2, -0.15) is 0 Å². The molecule has 0 aliphatic heterocycles. The number of ether oxygens (including phenoxy) is 1. The van der Waals surface area contributed by atoms with E-state index in [1.54, 1.807) is 6.20 Å². The molecule has 0 atom stereocenters. The zero-order valence-electron chi connectivity index (χ0n) is 8.52. The molecular weight excluding hydrogens is 288 g/mol. The number of anilines is 1. The van der Waals surface area contributed by atoms with Gasteiger partial charge in [0.15, 0.2) is 5.13 Å². The summed E-state index contributed by atoms with van der Waals surface area (Å²) in [5.41, 5.74) is 6.67. The number of aromatic nitrogens is 1. The summed E-state index contributed by atoms with van der Waals surface area (Å²) >= 11 is 4.88. The lowest BCUT2D eigenvalue weighted by Crippen LogP contribution is -1.92. The molecule has 0 aliphatic carbocycles. The van der Waals surface area contributed by atoms with Crippen molar-refractivity contribution in [2.75, 3.05) is 5.73 Å². The molecule has 0 amide bonds. The zero-order valence-corrected chi connectivity index (χ0v) is 10.9. The normalized spacial score (nSPS) is 10.6. The highest BCUT2D eigenvalue weighted by molar-refractivity contribution is 9.10. The summed E-state index contributed by atoms with van der Waals surface area (Å²) in [4.78, 5) is 5.01. The van der Waals surface area contributed by atoms with E-state index >= 15 is 0 Å². The second kappa shape index (κ2) is 5.43. The van der Waals surface area contributed by atoms with E-state index in [9.17, 15) is 0 Å². The van der Waals surface area contributed by atoms with Gasteiger partial charge in [-0.05, 0) is 17.7 Å². The van der Waals surface area contributed by atoms with Gasteiger partial charge in [-0.25, -0.2) is 4.98 Å². The van der Waals surface area contributed by atoms with E-state index in [0.717, 1.165) is 14.9 Å². The third-order valence-electron chi connectivity index (χ3n) is 1.97. The molecule has 2 rings (SSSR count). The molecule has 1 aromatic carbocycles. The molecule has 0 spiro atoms. The first-order valence-corrected chi connectivity index (χ1v) is 6.37. The highest BCUT2D eigenvalue weighted by atomic mass is 79.9. The largest absolute Gasteiger partial charge is 0.375 e. The van der Waals surface area contributed by atoms with Gasteiger partial charge in [-0.15, -0.1) is 0 Å². The van der Waals surface area contributed by atoms with Crippen molar-refractivity contribution < 1.29 is 4.74 Å². The van der Waals surface area contributed by atoms with E-state index in [1.807, 2.05) is 24.3 Å². The van der Waals surface area contributed by atoms with E-state index in [-0.39, 0.29) is 0 Å². The third kappa shape index (κ3) is 3.30. The zero-order chi connectivity index (χ0) is 11.4. The molecule has 1 heterocycles. The Bertz CT molecular complexity index is 473. The molecule has 0 saturated heterocycles. The van der Waals surface area contributed by atoms with Crippen LogP contribution in [-0.4, -0.2) is 4.98 Å². The van der Waals surface area contributed by atoms with Crippen molar-refractivity contribution in [2.24, 2.45) is 0 Å². The van der Waals surface area contributed by atoms with Crippen LogP contribution in [0.1, 0.15) is 10.4 Å². The molecule has 16 heavy (non-hydrogen) atoms. The van der Waals surface area contributed by atoms with E-state index in [2.05, 4.69) is 20.9 Å². The molecule has 84 valence electrons. The van der Waals surface area contributed by atoms with Crippen molar-refractivity contribution in [1.29, 1.82) is 0 Å². The molecular formula is C11H11BrN2OS. The number of nitrogens with zero attached hydrogens (tertiary/aromatic N) is 1. The number of hydrogen-bond acceptors (Lipinski definition) is 4. The lowest BCUT2D eigenvalue weighted by atomic mass is 10.2. The summed E-state index contributed by atoms with van der Waals surface area (Å²) in [6.45, 7) is 1.15. The molecule has 3 nitrogen and oxygen atoms in total. The summed E-state index contributed by atoms with van der Waals surface area (Å²) < 4.78 is 6.63. The highest BCUT2D eigenvalue weighted by Gasteiger charge is 1.99. The first-order chi connectivity index (χ1) is 7.74. The van der Waals surface area contributed by atoms with Gasteiger partial charge in [0.25, 0.3) is 0 Å². The smallest absolute Gasteiger partial charge is 0.180 e. The maximum Gasteiger partial charge on any atom is 0.180 e. The summed E-state index contributed by atoms with van der Waals surface area (Å²) in [6.07, 6.45) is 1.75. The van der Waals surface area contributed by atoms with Gasteiger partial charge in [0.1, 0.15) is 0 Å². The Morgan fingerprint density at radius 2 is 2.25 bits per heavy atom. The number of hydrogen-bond donors (Lipinski definition) is 1. The molecule has 0 unspecified atom stereocenters. The topological polar surface area (TPSA) is 48.1 Å². The van der Waals surface area contributed by atoms with Crippen LogP contribution in [0.15, 0.2) is 34.9 Å². The third-order valence-corrected chi connectivity index (χ3v) is 3.27. The number of nitrogen functional groups attached to an aromatic ring is 1. The second-order valence-corrected chi connectivity index (χ2v) is 5.35. The summed E-state index contributed by atoms with van der Waals surface area (Å²) in [7, 11) is 0. The molecule has 0 bridgehead atoms. The van der Waals surface area contributed by atoms with Crippen molar-refractivity contribution in [3.05, 3.63) is 45.4 Å². The molecule has 0 radical (unpaired) electrons. The Balaban J connectivity index is 1.84. The van der Waals surface area contributed by atoms with E-state index in [4.69, 9.17) is 10.5 Å². The summed E-state index contributed by atoms with van der Waals surface area (Å²) in [5, 5.41) is 0.584. The van der Waals surface area contributed by atoms with Gasteiger partial charge in [0, 0.05) is 10.7 Å². The van der Waals surface area contributed by atoms with Crippen LogP contribution in [0.4, 0.5) is 5.13 Å².